The van der Waals surface area contributed by atoms with Gasteiger partial charge in [-0.2, -0.15) is 13.2 Å². The molecule has 0 fully saturated rings. The molecule has 21 heavy (non-hydrogen) atoms. The number of methoxy groups -OCH3 is 1. The lowest BCUT2D eigenvalue weighted by molar-refractivity contribution is -0.137. The van der Waals surface area contributed by atoms with Gasteiger partial charge in [0.2, 0.25) is 0 Å². The molecule has 0 bridgehead atoms. The predicted octanol–water partition coefficient (Wildman–Crippen LogP) is 4.00. The molecule has 1 aromatic carbocycles. The van der Waals surface area contributed by atoms with Crippen molar-refractivity contribution in [3.63, 3.8) is 0 Å². The van der Waals surface area contributed by atoms with Gasteiger partial charge in [0, 0.05) is 11.1 Å². The number of rotatable bonds is 3. The molecule has 0 unspecified atom stereocenters. The van der Waals surface area contributed by atoms with E-state index in [1.807, 2.05) is 0 Å². The number of halogens is 3. The maximum absolute atomic E-state index is 12.9. The molecule has 3 nitrogen and oxygen atoms in total. The fourth-order valence-corrected chi connectivity index (χ4v) is 2.49. The molecule has 1 heterocycles. The smallest absolute Gasteiger partial charge is 0.416 e. The van der Waals surface area contributed by atoms with E-state index < -0.39 is 17.7 Å². The van der Waals surface area contributed by atoms with Gasteiger partial charge >= 0.3 is 12.1 Å². The Labute approximate surface area is 123 Å². The molecule has 0 spiro atoms. The summed E-state index contributed by atoms with van der Waals surface area (Å²) in [5.74, 6) is -0.607. The summed E-state index contributed by atoms with van der Waals surface area (Å²) >= 11 is 1.30. The molecule has 0 aliphatic rings. The second-order valence-corrected chi connectivity index (χ2v) is 4.99. The standard InChI is InChI=1S/C14H12F3NO2S/c1-20-13(19)10-4-3-7-18(10)11-8-9(14(15,16)17)5-6-12(11)21-2/h3-8H,1-2H3. The van der Waals surface area contributed by atoms with E-state index in [0.29, 0.717) is 10.6 Å². The summed E-state index contributed by atoms with van der Waals surface area (Å²) in [5.41, 5.74) is -0.297. The third-order valence-corrected chi connectivity index (χ3v) is 3.69. The van der Waals surface area contributed by atoms with Crippen LogP contribution in [-0.4, -0.2) is 23.9 Å². The zero-order chi connectivity index (χ0) is 15.6. The van der Waals surface area contributed by atoms with Crippen molar-refractivity contribution in [2.24, 2.45) is 0 Å². The van der Waals surface area contributed by atoms with Crippen molar-refractivity contribution in [3.8, 4) is 5.69 Å². The molecule has 2 rings (SSSR count). The molecule has 112 valence electrons. The van der Waals surface area contributed by atoms with Crippen LogP contribution in [0.3, 0.4) is 0 Å². The number of ether oxygens (including phenoxy) is 1. The maximum atomic E-state index is 12.9. The van der Waals surface area contributed by atoms with Crippen molar-refractivity contribution >= 4 is 17.7 Å². The Morgan fingerprint density at radius 3 is 2.57 bits per heavy atom. The number of nitrogens with zero attached hydrogens (tertiary/aromatic N) is 1. The Bertz CT molecular complexity index is 664. The van der Waals surface area contributed by atoms with Crippen LogP contribution in [-0.2, 0) is 10.9 Å². The van der Waals surface area contributed by atoms with Crippen molar-refractivity contribution in [2.45, 2.75) is 11.1 Å². The molecule has 0 saturated heterocycles. The minimum Gasteiger partial charge on any atom is -0.464 e. The van der Waals surface area contributed by atoms with Gasteiger partial charge in [0.15, 0.2) is 0 Å². The van der Waals surface area contributed by atoms with Gasteiger partial charge in [-0.3, -0.25) is 0 Å². The molecule has 2 aromatic rings. The lowest BCUT2D eigenvalue weighted by Crippen LogP contribution is -2.11. The van der Waals surface area contributed by atoms with Crippen LogP contribution in [0.1, 0.15) is 16.1 Å². The largest absolute Gasteiger partial charge is 0.464 e. The third-order valence-electron chi connectivity index (χ3n) is 2.91. The number of thioether (sulfide) groups is 1. The fraction of sp³-hybridized carbons (Fsp3) is 0.214. The predicted molar refractivity (Wildman–Crippen MR) is 73.9 cm³/mol. The topological polar surface area (TPSA) is 31.2 Å². The minimum atomic E-state index is -4.44. The number of hydrogen-bond donors (Lipinski definition) is 0. The summed E-state index contributed by atoms with van der Waals surface area (Å²) < 4.78 is 44.6. The van der Waals surface area contributed by atoms with Crippen LogP contribution in [0.15, 0.2) is 41.4 Å². The number of benzene rings is 1. The quantitative estimate of drug-likeness (QED) is 0.633. The summed E-state index contributed by atoms with van der Waals surface area (Å²) in [6, 6.07) is 6.52. The lowest BCUT2D eigenvalue weighted by atomic mass is 10.2. The first-order chi connectivity index (χ1) is 9.88. The third kappa shape index (κ3) is 3.07. The van der Waals surface area contributed by atoms with E-state index in [4.69, 9.17) is 0 Å². The van der Waals surface area contributed by atoms with Crippen LogP contribution in [0.5, 0.6) is 0 Å². The lowest BCUT2D eigenvalue weighted by Gasteiger charge is -2.15. The molecular formula is C14H12F3NO2S. The highest BCUT2D eigenvalue weighted by Crippen LogP contribution is 2.34. The van der Waals surface area contributed by atoms with Crippen LogP contribution < -0.4 is 0 Å². The van der Waals surface area contributed by atoms with Gasteiger partial charge in [-0.05, 0) is 36.6 Å². The Kier molecular flexibility index (Phi) is 4.32. The average Bonchev–Trinajstić information content (AvgIpc) is 2.94. The Morgan fingerprint density at radius 2 is 2.00 bits per heavy atom. The number of esters is 1. The van der Waals surface area contributed by atoms with Gasteiger partial charge in [0.25, 0.3) is 0 Å². The average molecular weight is 315 g/mol. The van der Waals surface area contributed by atoms with E-state index >= 15 is 0 Å². The number of alkyl halides is 3. The monoisotopic (exact) mass is 315 g/mol. The first-order valence-electron chi connectivity index (χ1n) is 5.89. The zero-order valence-electron chi connectivity index (χ0n) is 11.3. The Morgan fingerprint density at radius 1 is 1.29 bits per heavy atom. The SMILES string of the molecule is COC(=O)c1cccn1-c1cc(C(F)(F)F)ccc1SC. The van der Waals surface area contributed by atoms with Crippen LogP contribution >= 0.6 is 11.8 Å². The highest BCUT2D eigenvalue weighted by molar-refractivity contribution is 7.98. The molecule has 0 N–H and O–H groups in total. The summed E-state index contributed by atoms with van der Waals surface area (Å²) in [5, 5.41) is 0. The van der Waals surface area contributed by atoms with Crippen molar-refractivity contribution in [1.82, 2.24) is 4.57 Å². The van der Waals surface area contributed by atoms with Gasteiger partial charge in [0.05, 0.1) is 18.4 Å². The van der Waals surface area contributed by atoms with E-state index in [1.54, 1.807) is 12.3 Å². The molecule has 7 heteroatoms. The number of carbonyl (C=O) groups is 1. The number of carbonyl (C=O) groups excluding carboxylic acids is 1. The van der Waals surface area contributed by atoms with Crippen molar-refractivity contribution in [2.75, 3.05) is 13.4 Å². The molecule has 0 aliphatic carbocycles. The summed E-state index contributed by atoms with van der Waals surface area (Å²) in [4.78, 5) is 12.3. The summed E-state index contributed by atoms with van der Waals surface area (Å²) in [6.45, 7) is 0. The van der Waals surface area contributed by atoms with Gasteiger partial charge in [-0.1, -0.05) is 0 Å². The molecule has 0 atom stereocenters. The van der Waals surface area contributed by atoms with E-state index in [0.717, 1.165) is 12.1 Å². The normalized spacial score (nSPS) is 11.5. The highest BCUT2D eigenvalue weighted by Gasteiger charge is 2.31. The van der Waals surface area contributed by atoms with Crippen LogP contribution in [0, 0.1) is 0 Å². The van der Waals surface area contributed by atoms with E-state index in [1.165, 1.54) is 41.8 Å². The first kappa shape index (κ1) is 15.5. The van der Waals surface area contributed by atoms with Crippen LogP contribution in [0.2, 0.25) is 0 Å². The number of aromatic nitrogens is 1. The summed E-state index contributed by atoms with van der Waals surface area (Å²) in [6.07, 6.45) is -1.15. The van der Waals surface area contributed by atoms with Crippen LogP contribution in [0.25, 0.3) is 5.69 Å². The molecule has 0 amide bonds. The molecule has 0 radical (unpaired) electrons. The highest BCUT2D eigenvalue weighted by atomic mass is 32.2. The van der Waals surface area contributed by atoms with E-state index in [9.17, 15) is 18.0 Å². The Balaban J connectivity index is 2.62. The summed E-state index contributed by atoms with van der Waals surface area (Å²) in [7, 11) is 1.22. The maximum Gasteiger partial charge on any atom is 0.416 e. The molecular weight excluding hydrogens is 303 g/mol. The minimum absolute atomic E-state index is 0.173. The molecule has 1 aromatic heterocycles. The second-order valence-electron chi connectivity index (χ2n) is 4.14. The van der Waals surface area contributed by atoms with Gasteiger partial charge in [0.1, 0.15) is 5.69 Å². The van der Waals surface area contributed by atoms with Gasteiger partial charge in [-0.25, -0.2) is 4.79 Å². The van der Waals surface area contributed by atoms with Crippen molar-refractivity contribution in [3.05, 3.63) is 47.8 Å². The van der Waals surface area contributed by atoms with Gasteiger partial charge < -0.3 is 9.30 Å². The van der Waals surface area contributed by atoms with Gasteiger partial charge in [-0.15, -0.1) is 11.8 Å². The molecule has 0 saturated carbocycles. The van der Waals surface area contributed by atoms with E-state index in [2.05, 4.69) is 4.74 Å². The van der Waals surface area contributed by atoms with Crippen molar-refractivity contribution < 1.29 is 22.7 Å². The fourth-order valence-electron chi connectivity index (χ4n) is 1.92. The zero-order valence-corrected chi connectivity index (χ0v) is 12.1. The first-order valence-corrected chi connectivity index (χ1v) is 7.12. The molecule has 0 aliphatic heterocycles. The number of hydrogen-bond acceptors (Lipinski definition) is 3. The van der Waals surface area contributed by atoms with E-state index in [-0.39, 0.29) is 5.69 Å². The van der Waals surface area contributed by atoms with Crippen molar-refractivity contribution in [1.29, 1.82) is 0 Å². The second kappa shape index (κ2) is 5.85. The Hall–Kier alpha value is -1.89. The van der Waals surface area contributed by atoms with Crippen LogP contribution in [0.4, 0.5) is 13.2 Å².